The van der Waals surface area contributed by atoms with E-state index < -0.39 is 0 Å². The molecule has 120 valence electrons. The van der Waals surface area contributed by atoms with Crippen LogP contribution < -0.4 is 16.0 Å². The molecule has 1 aliphatic heterocycles. The number of rotatable bonds is 4. The molecule has 7 heteroatoms. The largest absolute Gasteiger partial charge is 0.358 e. The monoisotopic (exact) mass is 305 g/mol. The number of nitrogens with one attached hydrogen (secondary N) is 3. The summed E-state index contributed by atoms with van der Waals surface area (Å²) in [6.07, 6.45) is 3.33. The van der Waals surface area contributed by atoms with Gasteiger partial charge in [0.15, 0.2) is 0 Å². The lowest BCUT2D eigenvalue weighted by atomic mass is 10.1. The number of pyridine rings is 1. The van der Waals surface area contributed by atoms with Crippen LogP contribution in [0.15, 0.2) is 18.3 Å². The van der Waals surface area contributed by atoms with E-state index in [2.05, 4.69) is 25.8 Å². The highest BCUT2D eigenvalue weighted by atomic mass is 16.2. The number of likely N-dealkylation sites (tertiary alicyclic amines) is 1. The molecule has 1 fully saturated rings. The van der Waals surface area contributed by atoms with Crippen molar-refractivity contribution in [3.05, 3.63) is 23.9 Å². The third-order valence-corrected chi connectivity index (χ3v) is 3.81. The van der Waals surface area contributed by atoms with E-state index in [1.54, 1.807) is 13.2 Å². The van der Waals surface area contributed by atoms with Crippen molar-refractivity contribution in [1.82, 2.24) is 20.5 Å². The SMILES string of the molecule is CNC(=O)CN1CCC(NC(=O)Nc2ncccc2C)CC1. The Morgan fingerprint density at radius 3 is 2.73 bits per heavy atom. The minimum absolute atomic E-state index is 0.0229. The molecular formula is C15H23N5O2. The van der Waals surface area contributed by atoms with Gasteiger partial charge in [0.2, 0.25) is 5.91 Å². The summed E-state index contributed by atoms with van der Waals surface area (Å²) in [4.78, 5) is 29.6. The maximum atomic E-state index is 12.0. The number of hydrogen-bond acceptors (Lipinski definition) is 4. The number of carbonyl (C=O) groups excluding carboxylic acids is 2. The molecular weight excluding hydrogens is 282 g/mol. The lowest BCUT2D eigenvalue weighted by Gasteiger charge is -2.31. The van der Waals surface area contributed by atoms with E-state index in [0.29, 0.717) is 12.4 Å². The second kappa shape index (κ2) is 7.74. The van der Waals surface area contributed by atoms with E-state index in [1.165, 1.54) is 0 Å². The van der Waals surface area contributed by atoms with E-state index in [9.17, 15) is 9.59 Å². The van der Waals surface area contributed by atoms with Crippen molar-refractivity contribution in [3.63, 3.8) is 0 Å². The van der Waals surface area contributed by atoms with Crippen molar-refractivity contribution in [2.45, 2.75) is 25.8 Å². The normalized spacial score (nSPS) is 16.1. The molecule has 2 heterocycles. The third-order valence-electron chi connectivity index (χ3n) is 3.81. The molecule has 0 aliphatic carbocycles. The number of aryl methyl sites for hydroxylation is 1. The lowest BCUT2D eigenvalue weighted by molar-refractivity contribution is -0.122. The summed E-state index contributed by atoms with van der Waals surface area (Å²) in [6, 6.07) is 3.64. The molecule has 1 aromatic heterocycles. The molecule has 1 aromatic rings. The second-order valence-electron chi connectivity index (χ2n) is 5.49. The molecule has 0 saturated carbocycles. The molecule has 0 bridgehead atoms. The van der Waals surface area contributed by atoms with Crippen molar-refractivity contribution in [2.75, 3.05) is 32.0 Å². The molecule has 3 N–H and O–H groups in total. The number of anilines is 1. The molecule has 0 atom stereocenters. The first-order chi connectivity index (χ1) is 10.6. The summed E-state index contributed by atoms with van der Waals surface area (Å²) in [5.41, 5.74) is 0.929. The topological polar surface area (TPSA) is 86.4 Å². The maximum absolute atomic E-state index is 12.0. The zero-order valence-corrected chi connectivity index (χ0v) is 13.1. The average molecular weight is 305 g/mol. The van der Waals surface area contributed by atoms with Crippen LogP contribution in [0.3, 0.4) is 0 Å². The first kappa shape index (κ1) is 16.2. The van der Waals surface area contributed by atoms with Gasteiger partial charge in [0.1, 0.15) is 5.82 Å². The van der Waals surface area contributed by atoms with Gasteiger partial charge in [-0.25, -0.2) is 9.78 Å². The van der Waals surface area contributed by atoms with Gasteiger partial charge in [-0.2, -0.15) is 0 Å². The van der Waals surface area contributed by atoms with Crippen molar-refractivity contribution >= 4 is 17.8 Å². The summed E-state index contributed by atoms with van der Waals surface area (Å²) in [5.74, 6) is 0.604. The van der Waals surface area contributed by atoms with E-state index in [-0.39, 0.29) is 18.0 Å². The lowest BCUT2D eigenvalue weighted by Crippen LogP contribution is -2.48. The fourth-order valence-electron chi connectivity index (χ4n) is 2.46. The molecule has 7 nitrogen and oxygen atoms in total. The van der Waals surface area contributed by atoms with E-state index in [0.717, 1.165) is 31.5 Å². The average Bonchev–Trinajstić information content (AvgIpc) is 2.51. The number of carbonyl (C=O) groups is 2. The van der Waals surface area contributed by atoms with Crippen molar-refractivity contribution in [3.8, 4) is 0 Å². The van der Waals surface area contributed by atoms with Gasteiger partial charge in [0, 0.05) is 32.4 Å². The highest BCUT2D eigenvalue weighted by Gasteiger charge is 2.22. The predicted molar refractivity (Wildman–Crippen MR) is 84.7 cm³/mol. The smallest absolute Gasteiger partial charge is 0.320 e. The van der Waals surface area contributed by atoms with Crippen LogP contribution in [0.25, 0.3) is 0 Å². The van der Waals surface area contributed by atoms with Gasteiger partial charge in [-0.1, -0.05) is 6.07 Å². The second-order valence-corrected chi connectivity index (χ2v) is 5.49. The van der Waals surface area contributed by atoms with E-state index in [1.807, 2.05) is 19.1 Å². The van der Waals surface area contributed by atoms with Gasteiger partial charge in [-0.3, -0.25) is 15.0 Å². The molecule has 2 rings (SSSR count). The number of nitrogens with zero attached hydrogens (tertiary/aromatic N) is 2. The van der Waals surface area contributed by atoms with E-state index in [4.69, 9.17) is 0 Å². The van der Waals surface area contributed by atoms with Crippen LogP contribution in [0.4, 0.5) is 10.6 Å². The predicted octanol–water partition coefficient (Wildman–Crippen LogP) is 0.722. The molecule has 22 heavy (non-hydrogen) atoms. The van der Waals surface area contributed by atoms with Crippen LogP contribution in [-0.4, -0.2) is 54.5 Å². The first-order valence-electron chi connectivity index (χ1n) is 7.50. The zero-order valence-electron chi connectivity index (χ0n) is 13.1. The summed E-state index contributed by atoms with van der Waals surface area (Å²) in [5, 5.41) is 8.36. The molecule has 0 unspecified atom stereocenters. The van der Waals surface area contributed by atoms with Crippen LogP contribution in [0, 0.1) is 6.92 Å². The van der Waals surface area contributed by atoms with Crippen LogP contribution in [-0.2, 0) is 4.79 Å². The summed E-state index contributed by atoms with van der Waals surface area (Å²) in [6.45, 7) is 3.93. The van der Waals surface area contributed by atoms with Gasteiger partial charge in [0.25, 0.3) is 0 Å². The fraction of sp³-hybridized carbons (Fsp3) is 0.533. The number of aromatic nitrogens is 1. The number of likely N-dealkylation sites (N-methyl/N-ethyl adjacent to an activating group) is 1. The van der Waals surface area contributed by atoms with Crippen LogP contribution >= 0.6 is 0 Å². The van der Waals surface area contributed by atoms with Gasteiger partial charge in [0.05, 0.1) is 6.54 Å². The van der Waals surface area contributed by atoms with Crippen molar-refractivity contribution in [2.24, 2.45) is 0 Å². The Bertz CT molecular complexity index is 526. The first-order valence-corrected chi connectivity index (χ1v) is 7.50. The van der Waals surface area contributed by atoms with Crippen LogP contribution in [0.1, 0.15) is 18.4 Å². The maximum Gasteiger partial charge on any atom is 0.320 e. The zero-order chi connectivity index (χ0) is 15.9. The van der Waals surface area contributed by atoms with E-state index >= 15 is 0 Å². The quantitative estimate of drug-likeness (QED) is 0.765. The number of hydrogen-bond donors (Lipinski definition) is 3. The summed E-state index contributed by atoms with van der Waals surface area (Å²) in [7, 11) is 1.64. The summed E-state index contributed by atoms with van der Waals surface area (Å²) < 4.78 is 0. The van der Waals surface area contributed by atoms with Crippen LogP contribution in [0.2, 0.25) is 0 Å². The Kier molecular flexibility index (Phi) is 5.71. The van der Waals surface area contributed by atoms with Gasteiger partial charge in [-0.15, -0.1) is 0 Å². The summed E-state index contributed by atoms with van der Waals surface area (Å²) >= 11 is 0. The molecule has 3 amide bonds. The molecule has 1 aliphatic rings. The molecule has 1 saturated heterocycles. The Balaban J connectivity index is 1.75. The molecule has 0 aromatic carbocycles. The van der Waals surface area contributed by atoms with Crippen molar-refractivity contribution in [1.29, 1.82) is 0 Å². The highest BCUT2D eigenvalue weighted by Crippen LogP contribution is 2.12. The highest BCUT2D eigenvalue weighted by molar-refractivity contribution is 5.89. The minimum Gasteiger partial charge on any atom is -0.358 e. The number of urea groups is 1. The Labute approximate surface area is 130 Å². The molecule has 0 spiro atoms. The van der Waals surface area contributed by atoms with Gasteiger partial charge < -0.3 is 10.6 Å². The Morgan fingerprint density at radius 2 is 2.09 bits per heavy atom. The number of piperidine rings is 1. The Morgan fingerprint density at radius 1 is 1.36 bits per heavy atom. The molecule has 0 radical (unpaired) electrons. The number of amides is 3. The standard InChI is InChI=1S/C15H23N5O2/c1-11-4-3-7-17-14(11)19-15(22)18-12-5-8-20(9-6-12)10-13(21)16-2/h3-4,7,12H,5-6,8-10H2,1-2H3,(H,16,21)(H2,17,18,19,22). The van der Waals surface area contributed by atoms with Crippen molar-refractivity contribution < 1.29 is 9.59 Å². The van der Waals surface area contributed by atoms with Crippen LogP contribution in [0.5, 0.6) is 0 Å². The van der Waals surface area contributed by atoms with Gasteiger partial charge >= 0.3 is 6.03 Å². The van der Waals surface area contributed by atoms with Gasteiger partial charge in [-0.05, 0) is 31.4 Å². The third kappa shape index (κ3) is 4.70. The fourth-order valence-corrected chi connectivity index (χ4v) is 2.46. The Hall–Kier alpha value is -2.15. The minimum atomic E-state index is -0.230.